The van der Waals surface area contributed by atoms with Crippen LogP contribution < -0.4 is 10.6 Å². The minimum absolute atomic E-state index is 0.236. The third-order valence-corrected chi connectivity index (χ3v) is 5.41. The van der Waals surface area contributed by atoms with Gasteiger partial charge in [0.15, 0.2) is 5.13 Å². The molecule has 0 saturated carbocycles. The molecule has 4 heteroatoms. The molecule has 3 rings (SSSR count). The van der Waals surface area contributed by atoms with E-state index in [0.29, 0.717) is 0 Å². The highest BCUT2D eigenvalue weighted by atomic mass is 32.1. The van der Waals surface area contributed by atoms with E-state index >= 15 is 0 Å². The highest BCUT2D eigenvalue weighted by Crippen LogP contribution is 2.37. The Morgan fingerprint density at radius 1 is 1.28 bits per heavy atom. The van der Waals surface area contributed by atoms with Crippen LogP contribution in [-0.4, -0.2) is 18.1 Å². The summed E-state index contributed by atoms with van der Waals surface area (Å²) in [4.78, 5) is 8.69. The van der Waals surface area contributed by atoms with Gasteiger partial charge in [0.1, 0.15) is 0 Å². The van der Waals surface area contributed by atoms with Crippen LogP contribution in [0.1, 0.15) is 49.7 Å². The lowest BCUT2D eigenvalue weighted by atomic mass is 9.92. The van der Waals surface area contributed by atoms with Crippen molar-refractivity contribution in [1.82, 2.24) is 4.98 Å². The lowest BCUT2D eigenvalue weighted by molar-refractivity contribution is 0.356. The number of aromatic nitrogens is 1. The van der Waals surface area contributed by atoms with E-state index in [2.05, 4.69) is 18.7 Å². The summed E-state index contributed by atoms with van der Waals surface area (Å²) in [6.45, 7) is 7.02. The van der Waals surface area contributed by atoms with Gasteiger partial charge in [0.25, 0.3) is 0 Å². The fourth-order valence-electron chi connectivity index (χ4n) is 3.39. The molecule has 3 unspecified atom stereocenters. The lowest BCUT2D eigenvalue weighted by Crippen LogP contribution is -2.38. The van der Waals surface area contributed by atoms with Gasteiger partial charge in [-0.2, -0.15) is 0 Å². The molecular formula is C14H23N3S. The Labute approximate surface area is 113 Å². The van der Waals surface area contributed by atoms with Gasteiger partial charge < -0.3 is 10.6 Å². The van der Waals surface area contributed by atoms with Gasteiger partial charge in [0.05, 0.1) is 5.69 Å². The van der Waals surface area contributed by atoms with E-state index in [-0.39, 0.29) is 6.04 Å². The van der Waals surface area contributed by atoms with E-state index in [4.69, 9.17) is 10.7 Å². The number of hydrogen-bond donors (Lipinski definition) is 1. The summed E-state index contributed by atoms with van der Waals surface area (Å²) < 4.78 is 0. The molecule has 3 atom stereocenters. The standard InChI is InChI=1S/C14H23N3S/c1-9-6-10(2)8-17(7-9)14-16-12-5-3-4-11(15)13(12)18-14/h9-11H,3-8,15H2,1-2H3. The van der Waals surface area contributed by atoms with Gasteiger partial charge in [0, 0.05) is 24.0 Å². The number of nitrogens with zero attached hydrogens (tertiary/aromatic N) is 2. The van der Waals surface area contributed by atoms with Gasteiger partial charge in [-0.1, -0.05) is 25.2 Å². The van der Waals surface area contributed by atoms with Crippen molar-refractivity contribution in [2.24, 2.45) is 17.6 Å². The SMILES string of the molecule is CC1CC(C)CN(c2nc3c(s2)C(N)CCC3)C1. The van der Waals surface area contributed by atoms with Gasteiger partial charge in [-0.3, -0.25) is 0 Å². The van der Waals surface area contributed by atoms with E-state index in [1.165, 1.54) is 28.5 Å². The summed E-state index contributed by atoms with van der Waals surface area (Å²) in [5, 5.41) is 1.22. The third kappa shape index (κ3) is 2.28. The van der Waals surface area contributed by atoms with Crippen molar-refractivity contribution in [3.8, 4) is 0 Å². The van der Waals surface area contributed by atoms with Crippen LogP contribution >= 0.6 is 11.3 Å². The third-order valence-electron chi connectivity index (χ3n) is 4.12. The fourth-order valence-corrected chi connectivity index (χ4v) is 4.56. The van der Waals surface area contributed by atoms with Crippen LogP contribution in [0.3, 0.4) is 0 Å². The molecule has 2 N–H and O–H groups in total. The van der Waals surface area contributed by atoms with Crippen molar-refractivity contribution >= 4 is 16.5 Å². The second kappa shape index (κ2) is 4.82. The molecule has 18 heavy (non-hydrogen) atoms. The number of nitrogens with two attached hydrogens (primary N) is 1. The summed E-state index contributed by atoms with van der Waals surface area (Å²) in [6.07, 6.45) is 4.80. The van der Waals surface area contributed by atoms with Gasteiger partial charge in [-0.05, 0) is 37.5 Å². The van der Waals surface area contributed by atoms with Gasteiger partial charge >= 0.3 is 0 Å². The Morgan fingerprint density at radius 2 is 2.00 bits per heavy atom. The average Bonchev–Trinajstić information content (AvgIpc) is 2.73. The number of fused-ring (bicyclic) bond motifs is 1. The van der Waals surface area contributed by atoms with Crippen molar-refractivity contribution in [3.63, 3.8) is 0 Å². The summed E-state index contributed by atoms with van der Waals surface area (Å²) in [5.74, 6) is 1.56. The van der Waals surface area contributed by atoms with E-state index in [9.17, 15) is 0 Å². The largest absolute Gasteiger partial charge is 0.348 e. The summed E-state index contributed by atoms with van der Waals surface area (Å²) in [6, 6.07) is 0.236. The molecule has 1 aromatic heterocycles. The molecule has 1 aliphatic heterocycles. The van der Waals surface area contributed by atoms with Crippen LogP contribution in [-0.2, 0) is 6.42 Å². The maximum atomic E-state index is 6.20. The molecule has 1 saturated heterocycles. The quantitative estimate of drug-likeness (QED) is 0.849. The van der Waals surface area contributed by atoms with Crippen LogP contribution in [0.15, 0.2) is 0 Å². The first-order chi connectivity index (χ1) is 8.63. The maximum absolute atomic E-state index is 6.20. The minimum Gasteiger partial charge on any atom is -0.348 e. The van der Waals surface area contributed by atoms with Crippen LogP contribution in [0.25, 0.3) is 0 Å². The van der Waals surface area contributed by atoms with Crippen molar-refractivity contribution in [2.75, 3.05) is 18.0 Å². The smallest absolute Gasteiger partial charge is 0.185 e. The molecule has 2 aliphatic rings. The Hall–Kier alpha value is -0.610. The normalized spacial score (nSPS) is 32.4. The van der Waals surface area contributed by atoms with Crippen molar-refractivity contribution in [1.29, 1.82) is 0 Å². The molecule has 1 fully saturated rings. The topological polar surface area (TPSA) is 42.2 Å². The predicted octanol–water partition coefficient (Wildman–Crippen LogP) is 2.96. The Kier molecular flexibility index (Phi) is 3.32. The monoisotopic (exact) mass is 265 g/mol. The van der Waals surface area contributed by atoms with E-state index in [0.717, 1.165) is 37.8 Å². The molecule has 3 nitrogen and oxygen atoms in total. The summed E-state index contributed by atoms with van der Waals surface area (Å²) in [7, 11) is 0. The zero-order chi connectivity index (χ0) is 12.7. The predicted molar refractivity (Wildman–Crippen MR) is 77.1 cm³/mol. The van der Waals surface area contributed by atoms with Crippen LogP contribution in [0.4, 0.5) is 5.13 Å². The van der Waals surface area contributed by atoms with Crippen molar-refractivity contribution in [2.45, 2.75) is 45.6 Å². The number of rotatable bonds is 1. The highest BCUT2D eigenvalue weighted by Gasteiger charge is 2.27. The second-order valence-corrected chi connectivity index (χ2v) is 7.17. The van der Waals surface area contributed by atoms with E-state index in [1.54, 1.807) is 0 Å². The first-order valence-corrected chi connectivity index (χ1v) is 7.95. The number of anilines is 1. The molecule has 100 valence electrons. The molecular weight excluding hydrogens is 242 g/mol. The van der Waals surface area contributed by atoms with Gasteiger partial charge in [0.2, 0.25) is 0 Å². The van der Waals surface area contributed by atoms with Crippen LogP contribution in [0.5, 0.6) is 0 Å². The van der Waals surface area contributed by atoms with Crippen LogP contribution in [0.2, 0.25) is 0 Å². The Morgan fingerprint density at radius 3 is 2.67 bits per heavy atom. The first kappa shape index (κ1) is 12.4. The minimum atomic E-state index is 0.236. The highest BCUT2D eigenvalue weighted by molar-refractivity contribution is 7.15. The molecule has 0 aromatic carbocycles. The molecule has 1 aromatic rings. The lowest BCUT2D eigenvalue weighted by Gasteiger charge is -2.34. The molecule has 0 spiro atoms. The first-order valence-electron chi connectivity index (χ1n) is 7.13. The Bertz CT molecular complexity index is 419. The average molecular weight is 265 g/mol. The molecule has 2 heterocycles. The molecule has 0 radical (unpaired) electrons. The zero-order valence-electron chi connectivity index (χ0n) is 11.4. The number of hydrogen-bond acceptors (Lipinski definition) is 4. The Balaban J connectivity index is 1.84. The molecule has 1 aliphatic carbocycles. The van der Waals surface area contributed by atoms with E-state index in [1.807, 2.05) is 11.3 Å². The van der Waals surface area contributed by atoms with Crippen molar-refractivity contribution < 1.29 is 0 Å². The summed E-state index contributed by atoms with van der Waals surface area (Å²) in [5.41, 5.74) is 7.47. The molecule has 0 bridgehead atoms. The van der Waals surface area contributed by atoms with Crippen molar-refractivity contribution in [3.05, 3.63) is 10.6 Å². The number of thiazole rings is 1. The summed E-state index contributed by atoms with van der Waals surface area (Å²) >= 11 is 1.84. The second-order valence-electron chi connectivity index (χ2n) is 6.16. The fraction of sp³-hybridized carbons (Fsp3) is 0.786. The van der Waals surface area contributed by atoms with E-state index < -0.39 is 0 Å². The van der Waals surface area contributed by atoms with Gasteiger partial charge in [-0.15, -0.1) is 0 Å². The van der Waals surface area contributed by atoms with Gasteiger partial charge in [-0.25, -0.2) is 4.98 Å². The maximum Gasteiger partial charge on any atom is 0.185 e. The number of piperidine rings is 1. The molecule has 0 amide bonds. The number of aryl methyl sites for hydroxylation is 1. The zero-order valence-corrected chi connectivity index (χ0v) is 12.2. The van der Waals surface area contributed by atoms with Crippen LogP contribution in [0, 0.1) is 11.8 Å².